The van der Waals surface area contributed by atoms with Crippen molar-refractivity contribution in [3.8, 4) is 0 Å². The van der Waals surface area contributed by atoms with Crippen molar-refractivity contribution in [2.75, 3.05) is 0 Å². The second kappa shape index (κ2) is 12.7. The number of hydrogen-bond donors (Lipinski definition) is 0. The molecule has 64 valence electrons. The maximum absolute atomic E-state index is 9.97. The fraction of sp³-hybridized carbons (Fsp3) is 0. The number of rotatable bonds is 2. The van der Waals surface area contributed by atoms with Crippen LogP contribution < -0.4 is 108 Å². The Morgan fingerprint density at radius 1 is 1.14 bits per heavy atom. The minimum Gasteiger partial charge on any atom is -0.870 e. The van der Waals surface area contributed by atoms with E-state index in [4.69, 9.17) is 0 Å². The van der Waals surface area contributed by atoms with Gasteiger partial charge >= 0.3 is 103 Å². The van der Waals surface area contributed by atoms with Gasteiger partial charge < -0.3 is 15.4 Å². The van der Waals surface area contributed by atoms with Gasteiger partial charge in [-0.1, -0.05) is 36.4 Å². The van der Waals surface area contributed by atoms with Crippen molar-refractivity contribution in [2.45, 2.75) is 0 Å². The van der Waals surface area contributed by atoms with Gasteiger partial charge in [0.15, 0.2) is 0 Å². The molecule has 0 saturated carbocycles. The second-order valence-corrected chi connectivity index (χ2v) is 2.06. The average Bonchev–Trinajstić information content (AvgIpc) is 2.03. The Balaban J connectivity index is -0.000000403. The summed E-state index contributed by atoms with van der Waals surface area (Å²) in [7, 11) is 0. The quantitative estimate of drug-likeness (QED) is 0.383. The zero-order valence-electron chi connectivity index (χ0n) is 8.31. The Morgan fingerprint density at radius 3 is 2.07 bits per heavy atom. The van der Waals surface area contributed by atoms with Crippen LogP contribution in [0.4, 0.5) is 0 Å². The van der Waals surface area contributed by atoms with Crippen LogP contribution in [0.25, 0.3) is 6.08 Å². The molecule has 0 saturated heterocycles. The molecule has 0 aliphatic heterocycles. The smallest absolute Gasteiger partial charge is 0.870 e. The molecule has 1 rings (SSSR count). The Labute approximate surface area is 168 Å². The zero-order chi connectivity index (χ0) is 8.10. The van der Waals surface area contributed by atoms with Crippen LogP contribution in [-0.2, 0) is 4.79 Å². The molecule has 3 nitrogen and oxygen atoms in total. The van der Waals surface area contributed by atoms with E-state index < -0.39 is 5.97 Å². The molecule has 1 N–H and O–H groups in total. The SMILES string of the molecule is O=C([O-])C=Cc1ccccc1.[K+].[K+].[OH-]. The molecule has 0 aromatic heterocycles. The summed E-state index contributed by atoms with van der Waals surface area (Å²) in [5.41, 5.74) is 0.858. The first-order valence-corrected chi connectivity index (χ1v) is 3.23. The van der Waals surface area contributed by atoms with E-state index in [1.165, 1.54) is 6.08 Å². The van der Waals surface area contributed by atoms with Crippen LogP contribution in [0.3, 0.4) is 0 Å². The van der Waals surface area contributed by atoms with Crippen LogP contribution >= 0.6 is 0 Å². The predicted octanol–water partition coefficient (Wildman–Crippen LogP) is -5.72. The number of hydrogen-bond acceptors (Lipinski definition) is 3. The van der Waals surface area contributed by atoms with E-state index in [-0.39, 0.29) is 108 Å². The van der Waals surface area contributed by atoms with Crippen molar-refractivity contribution in [1.82, 2.24) is 0 Å². The van der Waals surface area contributed by atoms with Crippen molar-refractivity contribution >= 4 is 12.0 Å². The largest absolute Gasteiger partial charge is 1.00 e. The molecule has 1 aromatic rings. The normalized spacial score (nSPS) is 8.00. The molecule has 0 aliphatic rings. The summed E-state index contributed by atoms with van der Waals surface area (Å²) in [6.07, 6.45) is 2.50. The fourth-order valence-electron chi connectivity index (χ4n) is 0.728. The van der Waals surface area contributed by atoms with Crippen LogP contribution in [0, 0.1) is 0 Å². The molecule has 14 heavy (non-hydrogen) atoms. The van der Waals surface area contributed by atoms with Gasteiger partial charge in [-0.15, -0.1) is 0 Å². The third kappa shape index (κ3) is 10.2. The van der Waals surface area contributed by atoms with Gasteiger partial charge in [0, 0.05) is 0 Å². The van der Waals surface area contributed by atoms with Gasteiger partial charge in [0.1, 0.15) is 0 Å². The van der Waals surface area contributed by atoms with E-state index in [9.17, 15) is 9.90 Å². The molecule has 0 spiro atoms. The van der Waals surface area contributed by atoms with Gasteiger partial charge in [0.25, 0.3) is 0 Å². The summed E-state index contributed by atoms with van der Waals surface area (Å²) in [4.78, 5) is 9.97. The monoisotopic (exact) mass is 242 g/mol. The van der Waals surface area contributed by atoms with Crippen molar-refractivity contribution in [2.24, 2.45) is 0 Å². The maximum atomic E-state index is 9.97. The van der Waals surface area contributed by atoms with Gasteiger partial charge in [-0.3, -0.25) is 0 Å². The van der Waals surface area contributed by atoms with Gasteiger partial charge in [-0.05, 0) is 11.6 Å². The third-order valence-corrected chi connectivity index (χ3v) is 1.21. The summed E-state index contributed by atoms with van der Waals surface area (Å²) in [6.45, 7) is 0. The first-order valence-electron chi connectivity index (χ1n) is 3.23. The van der Waals surface area contributed by atoms with Crippen molar-refractivity contribution < 1.29 is 118 Å². The molecule has 0 atom stereocenters. The van der Waals surface area contributed by atoms with E-state index in [1.54, 1.807) is 0 Å². The molecule has 0 aliphatic carbocycles. The van der Waals surface area contributed by atoms with E-state index >= 15 is 0 Å². The molecular formula is C9H8K2O3. The Hall–Kier alpha value is 1.66. The number of carbonyl (C=O) groups is 1. The topological polar surface area (TPSA) is 70.1 Å². The van der Waals surface area contributed by atoms with Crippen LogP contribution in [-0.4, -0.2) is 11.4 Å². The molecule has 5 heteroatoms. The van der Waals surface area contributed by atoms with Crippen LogP contribution in [0.15, 0.2) is 36.4 Å². The minimum absolute atomic E-state index is 0. The molecule has 0 bridgehead atoms. The van der Waals surface area contributed by atoms with E-state index in [2.05, 4.69) is 0 Å². The van der Waals surface area contributed by atoms with E-state index in [1.807, 2.05) is 30.3 Å². The molecule has 0 unspecified atom stereocenters. The standard InChI is InChI=1S/C9H8O2.2K.H2O/c10-9(11)7-6-8-4-2-1-3-5-8;;;/h1-7H,(H,10,11);;;1H2/q;2*+1;/p-2. The van der Waals surface area contributed by atoms with Gasteiger partial charge in [0.2, 0.25) is 0 Å². The van der Waals surface area contributed by atoms with Gasteiger partial charge in [0.05, 0.1) is 5.97 Å². The first kappa shape index (κ1) is 21.0. The first-order chi connectivity index (χ1) is 5.29. The summed E-state index contributed by atoms with van der Waals surface area (Å²) < 4.78 is 0. The minimum atomic E-state index is -1.17. The summed E-state index contributed by atoms with van der Waals surface area (Å²) in [5.74, 6) is -1.17. The Kier molecular flexibility index (Phi) is 19.1. The molecule has 1 aromatic carbocycles. The summed E-state index contributed by atoms with van der Waals surface area (Å²) in [5, 5.41) is 9.97. The number of carbonyl (C=O) groups excluding carboxylic acids is 1. The van der Waals surface area contributed by atoms with E-state index in [0.717, 1.165) is 11.6 Å². The number of carboxylic acid groups (broad SMARTS) is 1. The van der Waals surface area contributed by atoms with Gasteiger partial charge in [-0.2, -0.15) is 0 Å². The van der Waals surface area contributed by atoms with E-state index in [0.29, 0.717) is 0 Å². The van der Waals surface area contributed by atoms with Crippen molar-refractivity contribution in [3.05, 3.63) is 42.0 Å². The average molecular weight is 242 g/mol. The summed E-state index contributed by atoms with van der Waals surface area (Å²) >= 11 is 0. The zero-order valence-corrected chi connectivity index (χ0v) is 14.6. The Bertz CT molecular complexity index is 273. The van der Waals surface area contributed by atoms with Gasteiger partial charge in [-0.25, -0.2) is 0 Å². The number of carboxylic acids is 1. The predicted molar refractivity (Wildman–Crippen MR) is 42.4 cm³/mol. The second-order valence-electron chi connectivity index (χ2n) is 2.06. The molecule has 0 heterocycles. The maximum Gasteiger partial charge on any atom is 1.00 e. The molecule has 0 fully saturated rings. The fourth-order valence-corrected chi connectivity index (χ4v) is 0.728. The number of benzene rings is 1. The van der Waals surface area contributed by atoms with Crippen molar-refractivity contribution in [1.29, 1.82) is 0 Å². The van der Waals surface area contributed by atoms with Crippen LogP contribution in [0.1, 0.15) is 5.56 Å². The number of aliphatic carboxylic acids is 1. The molecular weight excluding hydrogens is 234 g/mol. The third-order valence-electron chi connectivity index (χ3n) is 1.21. The van der Waals surface area contributed by atoms with Crippen LogP contribution in [0.5, 0.6) is 0 Å². The van der Waals surface area contributed by atoms with Crippen molar-refractivity contribution in [3.63, 3.8) is 0 Å². The molecule has 0 amide bonds. The molecule has 0 radical (unpaired) electrons. The van der Waals surface area contributed by atoms with Crippen LogP contribution in [0.2, 0.25) is 0 Å². The Morgan fingerprint density at radius 2 is 1.64 bits per heavy atom. The summed E-state index contributed by atoms with van der Waals surface area (Å²) in [6, 6.07) is 9.19.